The Kier molecular flexibility index (Phi) is 2.65. The van der Waals surface area contributed by atoms with Crippen LogP contribution in [0.15, 0.2) is 30.3 Å². The molecule has 21 heavy (non-hydrogen) atoms. The predicted molar refractivity (Wildman–Crippen MR) is 82.6 cm³/mol. The maximum atomic E-state index is 11.2. The molecule has 1 aliphatic rings. The van der Waals surface area contributed by atoms with E-state index in [0.29, 0.717) is 10.8 Å². The lowest BCUT2D eigenvalue weighted by Crippen LogP contribution is -1.97. The third-order valence-electron chi connectivity index (χ3n) is 3.81. The minimum absolute atomic E-state index is 0.380. The van der Waals surface area contributed by atoms with Gasteiger partial charge in [0.15, 0.2) is 0 Å². The summed E-state index contributed by atoms with van der Waals surface area (Å²) < 4.78 is 1.90. The molecule has 0 saturated heterocycles. The molecule has 1 aliphatic carbocycles. The molecule has 3 aromatic rings. The van der Waals surface area contributed by atoms with Crippen molar-refractivity contribution in [2.45, 2.75) is 25.7 Å². The Bertz CT molecular complexity index is 858. The van der Waals surface area contributed by atoms with Crippen LogP contribution < -0.4 is 0 Å². The number of fused-ring (bicyclic) bond motifs is 1. The number of nitrogens with zero attached hydrogens (tertiary/aromatic N) is 2. The maximum absolute atomic E-state index is 11.2. The van der Waals surface area contributed by atoms with E-state index in [1.54, 1.807) is 6.07 Å². The second-order valence-corrected chi connectivity index (χ2v) is 6.58. The smallest absolute Gasteiger partial charge is 0.345 e. The highest BCUT2D eigenvalue weighted by Crippen LogP contribution is 2.44. The van der Waals surface area contributed by atoms with Crippen molar-refractivity contribution < 1.29 is 9.90 Å². The van der Waals surface area contributed by atoms with Crippen molar-refractivity contribution in [3.8, 4) is 5.69 Å². The molecule has 106 valence electrons. The van der Waals surface area contributed by atoms with Gasteiger partial charge in [0.05, 0.1) is 11.4 Å². The Morgan fingerprint density at radius 3 is 2.86 bits per heavy atom. The minimum atomic E-state index is -0.867. The third kappa shape index (κ3) is 2.05. The van der Waals surface area contributed by atoms with Gasteiger partial charge in [-0.3, -0.25) is 0 Å². The Morgan fingerprint density at radius 2 is 2.19 bits per heavy atom. The van der Waals surface area contributed by atoms with E-state index in [-0.39, 0.29) is 0 Å². The summed E-state index contributed by atoms with van der Waals surface area (Å²) in [4.78, 5) is 12.6. The second kappa shape index (κ2) is 4.43. The molecule has 2 aromatic heterocycles. The summed E-state index contributed by atoms with van der Waals surface area (Å²) in [6.45, 7) is 2.04. The van der Waals surface area contributed by atoms with Gasteiger partial charge in [-0.1, -0.05) is 12.1 Å². The lowest BCUT2D eigenvalue weighted by atomic mass is 10.2. The number of carboxylic acids is 1. The number of rotatable bonds is 3. The predicted octanol–water partition coefficient (Wildman–Crippen LogP) is 3.97. The van der Waals surface area contributed by atoms with E-state index < -0.39 is 5.97 Å². The zero-order chi connectivity index (χ0) is 14.6. The van der Waals surface area contributed by atoms with Crippen LogP contribution in [0.3, 0.4) is 0 Å². The van der Waals surface area contributed by atoms with Gasteiger partial charge in [-0.15, -0.1) is 11.3 Å². The lowest BCUT2D eigenvalue weighted by molar-refractivity contribution is 0.0702. The first kappa shape index (κ1) is 12.6. The highest BCUT2D eigenvalue weighted by atomic mass is 32.1. The van der Waals surface area contributed by atoms with Crippen molar-refractivity contribution in [2.75, 3.05) is 0 Å². The molecule has 5 heteroatoms. The van der Waals surface area contributed by atoms with E-state index in [1.807, 2.05) is 29.8 Å². The van der Waals surface area contributed by atoms with Gasteiger partial charge in [-0.2, -0.15) is 5.10 Å². The minimum Gasteiger partial charge on any atom is -0.477 e. The lowest BCUT2D eigenvalue weighted by Gasteiger charge is -2.03. The molecule has 1 fully saturated rings. The van der Waals surface area contributed by atoms with Crippen molar-refractivity contribution in [1.29, 1.82) is 0 Å². The summed E-state index contributed by atoms with van der Waals surface area (Å²) in [6, 6.07) is 9.90. The van der Waals surface area contributed by atoms with Crippen LogP contribution in [0.2, 0.25) is 0 Å². The van der Waals surface area contributed by atoms with Gasteiger partial charge in [-0.25, -0.2) is 9.48 Å². The van der Waals surface area contributed by atoms with Crippen LogP contribution in [0, 0.1) is 6.92 Å². The van der Waals surface area contributed by atoms with Gasteiger partial charge in [0.2, 0.25) is 0 Å². The molecule has 1 aromatic carbocycles. The Balaban J connectivity index is 1.97. The van der Waals surface area contributed by atoms with Crippen LogP contribution in [-0.4, -0.2) is 20.9 Å². The number of aromatic nitrogens is 2. The molecule has 0 atom stereocenters. The van der Waals surface area contributed by atoms with Crippen molar-refractivity contribution in [3.05, 3.63) is 46.5 Å². The molecular formula is C16H14N2O2S. The van der Waals surface area contributed by atoms with Crippen LogP contribution in [-0.2, 0) is 0 Å². The summed E-state index contributed by atoms with van der Waals surface area (Å²) in [5.41, 5.74) is 3.21. The molecule has 2 heterocycles. The van der Waals surface area contributed by atoms with Gasteiger partial charge in [0.25, 0.3) is 0 Å². The average Bonchev–Trinajstić information content (AvgIpc) is 3.08. The Morgan fingerprint density at radius 1 is 1.38 bits per heavy atom. The molecule has 1 N–H and O–H groups in total. The number of thiophene rings is 1. The van der Waals surface area contributed by atoms with Gasteiger partial charge in [-0.05, 0) is 43.5 Å². The van der Waals surface area contributed by atoms with Gasteiger partial charge >= 0.3 is 5.97 Å². The molecule has 0 bridgehead atoms. The maximum Gasteiger partial charge on any atom is 0.345 e. The van der Waals surface area contributed by atoms with E-state index in [2.05, 4.69) is 6.07 Å². The average molecular weight is 298 g/mol. The number of carboxylic acid groups (broad SMARTS) is 1. The first-order valence-electron chi connectivity index (χ1n) is 6.96. The summed E-state index contributed by atoms with van der Waals surface area (Å²) in [6.07, 6.45) is 2.30. The summed E-state index contributed by atoms with van der Waals surface area (Å²) in [5.74, 6) is -0.372. The number of aromatic carboxylic acids is 1. The Labute approximate surface area is 125 Å². The first-order chi connectivity index (χ1) is 10.1. The molecule has 0 amide bonds. The van der Waals surface area contributed by atoms with Gasteiger partial charge in [0, 0.05) is 11.3 Å². The zero-order valence-corrected chi connectivity index (χ0v) is 12.4. The van der Waals surface area contributed by atoms with E-state index >= 15 is 0 Å². The topological polar surface area (TPSA) is 55.1 Å². The van der Waals surface area contributed by atoms with Gasteiger partial charge in [0.1, 0.15) is 9.71 Å². The van der Waals surface area contributed by atoms with E-state index in [9.17, 15) is 9.90 Å². The van der Waals surface area contributed by atoms with Crippen LogP contribution in [0.4, 0.5) is 0 Å². The third-order valence-corrected chi connectivity index (χ3v) is 4.91. The molecule has 0 radical (unpaired) electrons. The number of aryl methyl sites for hydroxylation is 1. The SMILES string of the molecule is Cc1cccc(-n2nc(C3CC3)c3cc(C(=O)O)sc32)c1. The molecule has 0 aliphatic heterocycles. The summed E-state index contributed by atoms with van der Waals surface area (Å²) in [7, 11) is 0. The normalized spacial score (nSPS) is 14.7. The largest absolute Gasteiger partial charge is 0.477 e. The van der Waals surface area contributed by atoms with E-state index in [1.165, 1.54) is 16.9 Å². The van der Waals surface area contributed by atoms with E-state index in [0.717, 1.165) is 34.4 Å². The van der Waals surface area contributed by atoms with Crippen LogP contribution in [0.25, 0.3) is 15.9 Å². The number of hydrogen-bond acceptors (Lipinski definition) is 3. The van der Waals surface area contributed by atoms with Crippen molar-refractivity contribution in [3.63, 3.8) is 0 Å². The summed E-state index contributed by atoms with van der Waals surface area (Å²) >= 11 is 1.30. The fourth-order valence-electron chi connectivity index (χ4n) is 2.63. The highest BCUT2D eigenvalue weighted by molar-refractivity contribution is 7.20. The summed E-state index contributed by atoms with van der Waals surface area (Å²) in [5, 5.41) is 15.0. The standard InChI is InChI=1S/C16H14N2O2S/c1-9-3-2-4-11(7-9)18-15-12(8-13(21-15)16(19)20)14(17-18)10-5-6-10/h2-4,7-8,10H,5-6H2,1H3,(H,19,20). The monoisotopic (exact) mass is 298 g/mol. The van der Waals surface area contributed by atoms with Crippen LogP contribution >= 0.6 is 11.3 Å². The van der Waals surface area contributed by atoms with Crippen LogP contribution in [0.1, 0.15) is 39.7 Å². The highest BCUT2D eigenvalue weighted by Gasteiger charge is 2.30. The zero-order valence-electron chi connectivity index (χ0n) is 11.5. The van der Waals surface area contributed by atoms with E-state index in [4.69, 9.17) is 5.10 Å². The first-order valence-corrected chi connectivity index (χ1v) is 7.78. The number of hydrogen-bond donors (Lipinski definition) is 1. The Hall–Kier alpha value is -2.14. The molecule has 0 unspecified atom stereocenters. The van der Waals surface area contributed by atoms with Gasteiger partial charge < -0.3 is 5.11 Å². The van der Waals surface area contributed by atoms with Crippen molar-refractivity contribution >= 4 is 27.5 Å². The molecule has 0 spiro atoms. The second-order valence-electron chi connectivity index (χ2n) is 5.54. The molecule has 1 saturated carbocycles. The number of benzene rings is 1. The molecule has 4 rings (SSSR count). The number of carbonyl (C=O) groups is 1. The fraction of sp³-hybridized carbons (Fsp3) is 0.250. The van der Waals surface area contributed by atoms with Crippen molar-refractivity contribution in [1.82, 2.24) is 9.78 Å². The quantitative estimate of drug-likeness (QED) is 0.796. The molecule has 4 nitrogen and oxygen atoms in total. The molecular weight excluding hydrogens is 284 g/mol. The van der Waals surface area contributed by atoms with Crippen LogP contribution in [0.5, 0.6) is 0 Å². The van der Waals surface area contributed by atoms with Crippen molar-refractivity contribution in [2.24, 2.45) is 0 Å². The fourth-order valence-corrected chi connectivity index (χ4v) is 3.61.